The third kappa shape index (κ3) is 2.64. The molecule has 2 atom stereocenters. The van der Waals surface area contributed by atoms with Gasteiger partial charge in [-0.1, -0.05) is 25.5 Å². The number of carbonyl (C=O) groups is 1. The molecule has 0 spiro atoms. The SMILES string of the molecule is CC(C)=CC1C(C(=O)NCc2nccs2)C1(C)C. The summed E-state index contributed by atoms with van der Waals surface area (Å²) in [7, 11) is 0. The molecule has 1 aliphatic rings. The normalized spacial score (nSPS) is 24.4. The van der Waals surface area contributed by atoms with E-state index in [4.69, 9.17) is 0 Å². The topological polar surface area (TPSA) is 42.0 Å². The van der Waals surface area contributed by atoms with Crippen molar-refractivity contribution in [2.75, 3.05) is 0 Å². The van der Waals surface area contributed by atoms with Crippen LogP contribution in [0.2, 0.25) is 0 Å². The fourth-order valence-electron chi connectivity index (χ4n) is 2.46. The third-order valence-corrected chi connectivity index (χ3v) is 4.38. The second-order valence-corrected chi connectivity index (χ2v) is 6.69. The van der Waals surface area contributed by atoms with Crippen LogP contribution in [0.15, 0.2) is 23.2 Å². The Balaban J connectivity index is 1.92. The number of carbonyl (C=O) groups excluding carboxylic acids is 1. The molecule has 18 heavy (non-hydrogen) atoms. The predicted molar refractivity (Wildman–Crippen MR) is 74.2 cm³/mol. The van der Waals surface area contributed by atoms with E-state index in [1.54, 1.807) is 17.5 Å². The maximum Gasteiger partial charge on any atom is 0.224 e. The van der Waals surface area contributed by atoms with Crippen LogP contribution in [-0.2, 0) is 11.3 Å². The van der Waals surface area contributed by atoms with Gasteiger partial charge in [-0.3, -0.25) is 4.79 Å². The Bertz CT molecular complexity index is 458. The van der Waals surface area contributed by atoms with Gasteiger partial charge in [0.15, 0.2) is 0 Å². The highest BCUT2D eigenvalue weighted by atomic mass is 32.1. The van der Waals surface area contributed by atoms with E-state index in [2.05, 4.69) is 44.1 Å². The van der Waals surface area contributed by atoms with Crippen molar-refractivity contribution in [3.05, 3.63) is 28.2 Å². The van der Waals surface area contributed by atoms with Gasteiger partial charge >= 0.3 is 0 Å². The fourth-order valence-corrected chi connectivity index (χ4v) is 3.02. The smallest absolute Gasteiger partial charge is 0.224 e. The van der Waals surface area contributed by atoms with Crippen molar-refractivity contribution in [3.63, 3.8) is 0 Å². The molecule has 0 bridgehead atoms. The van der Waals surface area contributed by atoms with Crippen molar-refractivity contribution in [3.8, 4) is 0 Å². The largest absolute Gasteiger partial charge is 0.349 e. The van der Waals surface area contributed by atoms with Gasteiger partial charge in [-0.25, -0.2) is 4.98 Å². The van der Waals surface area contributed by atoms with Crippen molar-refractivity contribution in [1.29, 1.82) is 0 Å². The average Bonchev–Trinajstić information content (AvgIpc) is 2.70. The number of aromatic nitrogens is 1. The summed E-state index contributed by atoms with van der Waals surface area (Å²) in [6, 6.07) is 0. The number of nitrogens with zero attached hydrogens (tertiary/aromatic N) is 1. The highest BCUT2D eigenvalue weighted by molar-refractivity contribution is 7.09. The van der Waals surface area contributed by atoms with Gasteiger partial charge in [0, 0.05) is 11.6 Å². The van der Waals surface area contributed by atoms with E-state index in [-0.39, 0.29) is 17.2 Å². The Morgan fingerprint density at radius 3 is 2.83 bits per heavy atom. The molecule has 98 valence electrons. The summed E-state index contributed by atoms with van der Waals surface area (Å²) in [6.07, 6.45) is 3.98. The maximum atomic E-state index is 12.1. The van der Waals surface area contributed by atoms with Crippen molar-refractivity contribution < 1.29 is 4.79 Å². The van der Waals surface area contributed by atoms with E-state index in [0.717, 1.165) is 5.01 Å². The molecule has 1 heterocycles. The maximum absolute atomic E-state index is 12.1. The molecule has 1 N–H and O–H groups in total. The van der Waals surface area contributed by atoms with Crippen LogP contribution in [0.1, 0.15) is 32.7 Å². The molecule has 4 heteroatoms. The van der Waals surface area contributed by atoms with E-state index < -0.39 is 0 Å². The van der Waals surface area contributed by atoms with Crippen LogP contribution in [0.5, 0.6) is 0 Å². The molecule has 0 aliphatic heterocycles. The lowest BCUT2D eigenvalue weighted by Gasteiger charge is -2.03. The van der Waals surface area contributed by atoms with Gasteiger partial charge in [0.2, 0.25) is 5.91 Å². The van der Waals surface area contributed by atoms with E-state index >= 15 is 0 Å². The monoisotopic (exact) mass is 264 g/mol. The molecular weight excluding hydrogens is 244 g/mol. The van der Waals surface area contributed by atoms with Gasteiger partial charge in [-0.15, -0.1) is 11.3 Å². The van der Waals surface area contributed by atoms with E-state index in [1.807, 2.05) is 5.38 Å². The standard InChI is InChI=1S/C14H20N2OS/c1-9(2)7-10-12(14(10,3)4)13(17)16-8-11-15-5-6-18-11/h5-7,10,12H,8H2,1-4H3,(H,16,17). The van der Waals surface area contributed by atoms with Crippen LogP contribution in [0.4, 0.5) is 0 Å². The van der Waals surface area contributed by atoms with Gasteiger partial charge in [-0.05, 0) is 25.2 Å². The minimum atomic E-state index is 0.0875. The van der Waals surface area contributed by atoms with Gasteiger partial charge < -0.3 is 5.32 Å². The summed E-state index contributed by atoms with van der Waals surface area (Å²) < 4.78 is 0. The Kier molecular flexibility index (Phi) is 3.57. The zero-order valence-electron chi connectivity index (χ0n) is 11.4. The number of hydrogen-bond donors (Lipinski definition) is 1. The van der Waals surface area contributed by atoms with Crippen molar-refractivity contribution >= 4 is 17.2 Å². The number of allylic oxidation sites excluding steroid dienone is 2. The lowest BCUT2D eigenvalue weighted by Crippen LogP contribution is -2.26. The van der Waals surface area contributed by atoms with Gasteiger partial charge in [0.25, 0.3) is 0 Å². The van der Waals surface area contributed by atoms with Crippen molar-refractivity contribution in [2.24, 2.45) is 17.3 Å². The first-order valence-corrected chi connectivity index (χ1v) is 7.12. The zero-order valence-corrected chi connectivity index (χ0v) is 12.2. The van der Waals surface area contributed by atoms with Crippen LogP contribution in [0.25, 0.3) is 0 Å². The summed E-state index contributed by atoms with van der Waals surface area (Å²) in [5, 5.41) is 5.87. The Labute approximate surface area is 112 Å². The predicted octanol–water partition coefficient (Wildman–Crippen LogP) is 3.00. The number of amides is 1. The van der Waals surface area contributed by atoms with E-state index in [1.165, 1.54) is 5.57 Å². The van der Waals surface area contributed by atoms with Crippen molar-refractivity contribution in [2.45, 2.75) is 34.2 Å². The van der Waals surface area contributed by atoms with Crippen LogP contribution in [0, 0.1) is 17.3 Å². The Morgan fingerprint density at radius 1 is 1.56 bits per heavy atom. The molecule has 2 unspecified atom stereocenters. The summed E-state index contributed by atoms with van der Waals surface area (Å²) in [5.41, 5.74) is 1.37. The molecule has 3 nitrogen and oxygen atoms in total. The molecule has 1 saturated carbocycles. The first-order chi connectivity index (χ1) is 8.43. The molecule has 1 aromatic heterocycles. The summed E-state index contributed by atoms with van der Waals surface area (Å²) >= 11 is 1.57. The summed E-state index contributed by atoms with van der Waals surface area (Å²) in [6.45, 7) is 9.03. The van der Waals surface area contributed by atoms with Crippen LogP contribution >= 0.6 is 11.3 Å². The lowest BCUT2D eigenvalue weighted by atomic mass is 10.1. The van der Waals surface area contributed by atoms with Crippen molar-refractivity contribution in [1.82, 2.24) is 10.3 Å². The molecule has 0 aromatic carbocycles. The summed E-state index contributed by atoms with van der Waals surface area (Å²) in [5.74, 6) is 0.629. The Hall–Kier alpha value is -1.16. The average molecular weight is 264 g/mol. The van der Waals surface area contributed by atoms with E-state index in [9.17, 15) is 4.79 Å². The molecular formula is C14H20N2OS. The highest BCUT2D eigenvalue weighted by Crippen LogP contribution is 2.59. The number of thiazole rings is 1. The summed E-state index contributed by atoms with van der Waals surface area (Å²) in [4.78, 5) is 16.3. The molecule has 2 rings (SSSR count). The van der Waals surface area contributed by atoms with Crippen LogP contribution < -0.4 is 5.32 Å². The molecule has 1 fully saturated rings. The minimum Gasteiger partial charge on any atom is -0.349 e. The van der Waals surface area contributed by atoms with Gasteiger partial charge in [0.1, 0.15) is 5.01 Å². The first-order valence-electron chi connectivity index (χ1n) is 6.24. The molecule has 1 amide bonds. The number of rotatable bonds is 4. The molecule has 0 radical (unpaired) electrons. The number of nitrogens with one attached hydrogen (secondary N) is 1. The van der Waals surface area contributed by atoms with Gasteiger partial charge in [-0.2, -0.15) is 0 Å². The Morgan fingerprint density at radius 2 is 2.28 bits per heavy atom. The quantitative estimate of drug-likeness (QED) is 0.849. The van der Waals surface area contributed by atoms with Gasteiger partial charge in [0.05, 0.1) is 12.5 Å². The highest BCUT2D eigenvalue weighted by Gasteiger charge is 2.60. The number of hydrogen-bond acceptors (Lipinski definition) is 3. The van der Waals surface area contributed by atoms with Crippen LogP contribution in [0.3, 0.4) is 0 Å². The molecule has 1 aliphatic carbocycles. The second-order valence-electron chi connectivity index (χ2n) is 5.71. The van der Waals surface area contributed by atoms with Crippen LogP contribution in [-0.4, -0.2) is 10.9 Å². The zero-order chi connectivity index (χ0) is 13.3. The van der Waals surface area contributed by atoms with E-state index in [0.29, 0.717) is 12.5 Å². The second kappa shape index (κ2) is 4.84. The molecule has 0 saturated heterocycles. The first kappa shape index (κ1) is 13.3. The molecule has 1 aromatic rings. The minimum absolute atomic E-state index is 0.0875. The lowest BCUT2D eigenvalue weighted by molar-refractivity contribution is -0.123. The fraction of sp³-hybridized carbons (Fsp3) is 0.571. The third-order valence-electron chi connectivity index (χ3n) is 3.60.